The number of benzene rings is 2. The molecule has 0 aliphatic rings. The number of halogens is 1. The van der Waals surface area contributed by atoms with Gasteiger partial charge >= 0.3 is 5.69 Å². The van der Waals surface area contributed by atoms with E-state index in [0.717, 1.165) is 21.8 Å². The van der Waals surface area contributed by atoms with Gasteiger partial charge in [0.25, 0.3) is 5.56 Å². The molecule has 2 aromatic carbocycles. The molecule has 6 nitrogen and oxygen atoms in total. The molecular weight excluding hydrogens is 432 g/mol. The Labute approximate surface area is 189 Å². The molecule has 0 spiro atoms. The molecule has 2 aromatic heterocycles. The van der Waals surface area contributed by atoms with Gasteiger partial charge in [-0.3, -0.25) is 13.9 Å². The van der Waals surface area contributed by atoms with E-state index in [9.17, 15) is 9.59 Å². The van der Waals surface area contributed by atoms with Crippen LogP contribution < -0.4 is 11.2 Å². The van der Waals surface area contributed by atoms with Crippen LogP contribution in [0, 0.1) is 0 Å². The van der Waals surface area contributed by atoms with Crippen LogP contribution in [0.2, 0.25) is 5.02 Å². The van der Waals surface area contributed by atoms with E-state index in [0.29, 0.717) is 29.2 Å². The summed E-state index contributed by atoms with van der Waals surface area (Å²) in [5.41, 5.74) is 1.96. The van der Waals surface area contributed by atoms with Gasteiger partial charge in [0.05, 0.1) is 13.1 Å². The second-order valence-corrected chi connectivity index (χ2v) is 8.66. The van der Waals surface area contributed by atoms with Gasteiger partial charge in [0.2, 0.25) is 0 Å². The van der Waals surface area contributed by atoms with Crippen LogP contribution in [-0.2, 0) is 26.6 Å². The quantitative estimate of drug-likeness (QED) is 0.414. The Hall–Kier alpha value is -2.77. The van der Waals surface area contributed by atoms with Crippen LogP contribution >= 0.6 is 23.4 Å². The summed E-state index contributed by atoms with van der Waals surface area (Å²) in [6, 6.07) is 15.2. The predicted molar refractivity (Wildman–Crippen MR) is 126 cm³/mol. The summed E-state index contributed by atoms with van der Waals surface area (Å²) in [4.78, 5) is 32.6. The van der Waals surface area contributed by atoms with Crippen molar-refractivity contribution >= 4 is 34.5 Å². The molecule has 0 bridgehead atoms. The molecule has 4 rings (SSSR count). The Morgan fingerprint density at radius 2 is 1.52 bits per heavy atom. The fourth-order valence-electron chi connectivity index (χ4n) is 3.69. The van der Waals surface area contributed by atoms with Crippen LogP contribution in [0.25, 0.3) is 11.2 Å². The molecule has 4 aromatic rings. The molecule has 0 radical (unpaired) electrons. The summed E-state index contributed by atoms with van der Waals surface area (Å²) in [5, 5.41) is 0.608. The highest BCUT2D eigenvalue weighted by molar-refractivity contribution is 7.98. The van der Waals surface area contributed by atoms with Gasteiger partial charge < -0.3 is 4.57 Å². The van der Waals surface area contributed by atoms with Gasteiger partial charge in [-0.1, -0.05) is 42.8 Å². The normalized spacial score (nSPS) is 11.4. The van der Waals surface area contributed by atoms with E-state index in [1.54, 1.807) is 33.0 Å². The highest BCUT2D eigenvalue weighted by Crippen LogP contribution is 2.17. The van der Waals surface area contributed by atoms with E-state index < -0.39 is 0 Å². The smallest absolute Gasteiger partial charge is 0.325 e. The molecule has 160 valence electrons. The van der Waals surface area contributed by atoms with Crippen molar-refractivity contribution in [2.24, 2.45) is 7.05 Å². The van der Waals surface area contributed by atoms with Crippen LogP contribution in [0.5, 0.6) is 0 Å². The first kappa shape index (κ1) is 21.5. The summed E-state index contributed by atoms with van der Waals surface area (Å²) in [6.45, 7) is 2.49. The molecule has 0 saturated carbocycles. The van der Waals surface area contributed by atoms with Gasteiger partial charge in [-0.25, -0.2) is 9.78 Å². The molecule has 0 N–H and O–H groups in total. The second kappa shape index (κ2) is 8.77. The number of nitrogens with zero attached hydrogens (tertiary/aromatic N) is 4. The van der Waals surface area contributed by atoms with Gasteiger partial charge in [-0.15, -0.1) is 11.8 Å². The largest absolute Gasteiger partial charge is 0.333 e. The summed E-state index contributed by atoms with van der Waals surface area (Å²) in [5.74, 6) is 0.766. The molecule has 8 heteroatoms. The third kappa shape index (κ3) is 4.07. The maximum Gasteiger partial charge on any atom is 0.333 e. The van der Waals surface area contributed by atoms with Crippen LogP contribution in [0.4, 0.5) is 0 Å². The standard InChI is InChI=1S/C23H23ClN4O2S/c1-4-19-25-21-20(26(19)2)22(29)28(14-15-5-9-17(24)10-6-15)23(30)27(21)13-16-7-11-18(31-3)12-8-16/h5-12H,4,13-14H2,1-3H3. The van der Waals surface area contributed by atoms with Gasteiger partial charge in [0.1, 0.15) is 5.82 Å². The van der Waals surface area contributed by atoms with Crippen molar-refractivity contribution in [3.05, 3.63) is 91.3 Å². The zero-order chi connectivity index (χ0) is 22.1. The molecule has 0 saturated heterocycles. The first-order chi connectivity index (χ1) is 14.9. The average molecular weight is 455 g/mol. The van der Waals surface area contributed by atoms with Crippen LogP contribution in [0.3, 0.4) is 0 Å². The number of aryl methyl sites for hydroxylation is 2. The Kier molecular flexibility index (Phi) is 6.07. The van der Waals surface area contributed by atoms with E-state index in [4.69, 9.17) is 11.6 Å². The summed E-state index contributed by atoms with van der Waals surface area (Å²) in [6.07, 6.45) is 2.69. The Morgan fingerprint density at radius 3 is 2.10 bits per heavy atom. The van der Waals surface area contributed by atoms with Crippen LogP contribution in [0.15, 0.2) is 63.0 Å². The van der Waals surface area contributed by atoms with Crippen molar-refractivity contribution < 1.29 is 0 Å². The molecule has 0 atom stereocenters. The highest BCUT2D eigenvalue weighted by Gasteiger charge is 2.20. The SMILES string of the molecule is CCc1nc2c(c(=O)n(Cc3ccc(Cl)cc3)c(=O)n2Cc2ccc(SC)cc2)n1C. The first-order valence-corrected chi connectivity index (χ1v) is 11.6. The van der Waals surface area contributed by atoms with Crippen molar-refractivity contribution in [3.8, 4) is 0 Å². The zero-order valence-corrected chi connectivity index (χ0v) is 19.2. The number of rotatable bonds is 6. The van der Waals surface area contributed by atoms with Crippen molar-refractivity contribution in [3.63, 3.8) is 0 Å². The lowest BCUT2D eigenvalue weighted by Gasteiger charge is -2.12. The molecule has 0 fully saturated rings. The van der Waals surface area contributed by atoms with Crippen LogP contribution in [-0.4, -0.2) is 24.9 Å². The van der Waals surface area contributed by atoms with Crippen LogP contribution in [0.1, 0.15) is 23.9 Å². The zero-order valence-electron chi connectivity index (χ0n) is 17.6. The number of hydrogen-bond donors (Lipinski definition) is 0. The van der Waals surface area contributed by atoms with E-state index >= 15 is 0 Å². The highest BCUT2D eigenvalue weighted by atomic mass is 35.5. The summed E-state index contributed by atoms with van der Waals surface area (Å²) >= 11 is 7.65. The van der Waals surface area contributed by atoms with Crippen molar-refractivity contribution in [1.82, 2.24) is 18.7 Å². The molecule has 0 aliphatic heterocycles. The molecule has 0 aliphatic carbocycles. The molecule has 31 heavy (non-hydrogen) atoms. The van der Waals surface area contributed by atoms with E-state index in [1.165, 1.54) is 4.57 Å². The summed E-state index contributed by atoms with van der Waals surface area (Å²) < 4.78 is 4.67. The maximum absolute atomic E-state index is 13.5. The molecule has 2 heterocycles. The van der Waals surface area contributed by atoms with Gasteiger partial charge in [-0.2, -0.15) is 0 Å². The Balaban J connectivity index is 1.91. The topological polar surface area (TPSA) is 61.8 Å². The van der Waals surface area contributed by atoms with Crippen molar-refractivity contribution in [2.45, 2.75) is 31.3 Å². The van der Waals surface area contributed by atoms with E-state index in [1.807, 2.05) is 56.6 Å². The lowest BCUT2D eigenvalue weighted by Crippen LogP contribution is -2.41. The lowest BCUT2D eigenvalue weighted by atomic mass is 10.2. The van der Waals surface area contributed by atoms with Crippen molar-refractivity contribution in [1.29, 1.82) is 0 Å². The fraction of sp³-hybridized carbons (Fsp3) is 0.261. The lowest BCUT2D eigenvalue weighted by molar-refractivity contribution is 0.629. The third-order valence-corrected chi connectivity index (χ3v) is 6.40. The average Bonchev–Trinajstić information content (AvgIpc) is 3.12. The van der Waals surface area contributed by atoms with Gasteiger partial charge in [0.15, 0.2) is 11.2 Å². The molecular formula is C23H23ClN4O2S. The minimum absolute atomic E-state index is 0.169. The van der Waals surface area contributed by atoms with E-state index in [2.05, 4.69) is 4.98 Å². The molecule has 0 unspecified atom stereocenters. The molecule has 0 amide bonds. The number of aromatic nitrogens is 4. The number of thioether (sulfide) groups is 1. The minimum Gasteiger partial charge on any atom is -0.325 e. The summed E-state index contributed by atoms with van der Waals surface area (Å²) in [7, 11) is 1.82. The fourth-order valence-corrected chi connectivity index (χ4v) is 4.23. The predicted octanol–water partition coefficient (Wildman–Crippen LogP) is 3.93. The third-order valence-electron chi connectivity index (χ3n) is 5.40. The monoisotopic (exact) mass is 454 g/mol. The first-order valence-electron chi connectivity index (χ1n) is 9.99. The van der Waals surface area contributed by atoms with E-state index in [-0.39, 0.29) is 17.8 Å². The maximum atomic E-state index is 13.5. The second-order valence-electron chi connectivity index (χ2n) is 7.35. The Morgan fingerprint density at radius 1 is 0.935 bits per heavy atom. The number of hydrogen-bond acceptors (Lipinski definition) is 4. The van der Waals surface area contributed by atoms with Gasteiger partial charge in [-0.05, 0) is 41.6 Å². The van der Waals surface area contributed by atoms with Gasteiger partial charge in [0, 0.05) is 23.4 Å². The Bertz CT molecular complexity index is 1350. The number of imidazole rings is 1. The van der Waals surface area contributed by atoms with Crippen molar-refractivity contribution in [2.75, 3.05) is 6.26 Å². The number of fused-ring (bicyclic) bond motifs is 1. The minimum atomic E-state index is -0.373.